The zero-order chi connectivity index (χ0) is 23.1. The summed E-state index contributed by atoms with van der Waals surface area (Å²) in [6.45, 7) is 4.20. The van der Waals surface area contributed by atoms with Crippen molar-refractivity contribution < 1.29 is 31.0 Å². The summed E-state index contributed by atoms with van der Waals surface area (Å²) in [6.07, 6.45) is 0. The van der Waals surface area contributed by atoms with Gasteiger partial charge in [0.25, 0.3) is 0 Å². The third kappa shape index (κ3) is 3.33. The summed E-state index contributed by atoms with van der Waals surface area (Å²) in [5.41, 5.74) is 5.66. The molecule has 4 aromatic carbocycles. The third-order valence-corrected chi connectivity index (χ3v) is 8.32. The Morgan fingerprint density at radius 2 is 0.917 bits per heavy atom. The van der Waals surface area contributed by atoms with E-state index in [-0.39, 0.29) is 39.4 Å². The Bertz CT molecular complexity index is 1440. The predicted octanol–water partition coefficient (Wildman–Crippen LogP) is 3.33. The Balaban J connectivity index is 0.000000160. The van der Waals surface area contributed by atoms with Crippen LogP contribution >= 0.6 is 0 Å². The van der Waals surface area contributed by atoms with Gasteiger partial charge in [-0.1, -0.05) is 72.8 Å². The van der Waals surface area contributed by atoms with Crippen molar-refractivity contribution in [1.82, 2.24) is 9.80 Å². The zero-order valence-corrected chi connectivity index (χ0v) is 23.6. The Morgan fingerprint density at radius 3 is 1.28 bits per heavy atom. The van der Waals surface area contributed by atoms with Crippen molar-refractivity contribution >= 4 is 41.6 Å². The Kier molecular flexibility index (Phi) is 6.31. The number of hydrogen-bond acceptors (Lipinski definition) is 4. The van der Waals surface area contributed by atoms with Gasteiger partial charge in [0.1, 0.15) is 12.1 Å². The van der Waals surface area contributed by atoms with E-state index in [9.17, 15) is 0 Å². The Labute approximate surface area is 238 Å². The van der Waals surface area contributed by atoms with Gasteiger partial charge >= 0.3 is 29.6 Å². The zero-order valence-electron chi connectivity index (χ0n) is 22.6. The molecule has 2 aliphatic heterocycles. The van der Waals surface area contributed by atoms with E-state index in [0.717, 1.165) is 11.7 Å². The van der Waals surface area contributed by atoms with Crippen LogP contribution in [0.5, 0.6) is 0 Å². The van der Waals surface area contributed by atoms with E-state index in [2.05, 4.69) is 111 Å². The SMILES string of the molecule is CC1=NC2c3cccc4cccc(c34)C2N1C.CC1=NC2c3cccc4cccc(c34)C2N1C.[B].[H-].[Na+]. The minimum atomic E-state index is 0. The molecule has 6 heteroatoms. The molecule has 0 N–H and O–H groups in total. The van der Waals surface area contributed by atoms with Gasteiger partial charge in [0.05, 0.1) is 23.8 Å². The van der Waals surface area contributed by atoms with Gasteiger partial charge in [-0.2, -0.15) is 0 Å². The summed E-state index contributed by atoms with van der Waals surface area (Å²) in [4.78, 5) is 14.2. The van der Waals surface area contributed by atoms with Crippen LogP contribution in [-0.2, 0) is 0 Å². The van der Waals surface area contributed by atoms with Crippen LogP contribution in [0.3, 0.4) is 0 Å². The van der Waals surface area contributed by atoms with E-state index in [1.807, 2.05) is 0 Å². The van der Waals surface area contributed by atoms with E-state index in [1.54, 1.807) is 0 Å². The molecule has 2 heterocycles. The Morgan fingerprint density at radius 1 is 0.583 bits per heavy atom. The molecular formula is C30H29BN4Na. The fraction of sp³-hybridized carbons (Fsp3) is 0.267. The van der Waals surface area contributed by atoms with Crippen LogP contribution in [0.15, 0.2) is 82.8 Å². The molecule has 0 saturated heterocycles. The smallest absolute Gasteiger partial charge is 1.00 e. The number of likely N-dealkylation sites (N-methyl/N-ethyl adjacent to an activating group) is 2. The van der Waals surface area contributed by atoms with E-state index < -0.39 is 0 Å². The molecule has 4 nitrogen and oxygen atoms in total. The van der Waals surface area contributed by atoms with Crippen molar-refractivity contribution in [3.8, 4) is 0 Å². The average molecular weight is 479 g/mol. The second-order valence-corrected chi connectivity index (χ2v) is 9.94. The van der Waals surface area contributed by atoms with E-state index >= 15 is 0 Å². The van der Waals surface area contributed by atoms with Gasteiger partial charge in [-0.25, -0.2) is 0 Å². The van der Waals surface area contributed by atoms with Crippen LogP contribution in [-0.4, -0.2) is 44.0 Å². The molecule has 0 fully saturated rings. The van der Waals surface area contributed by atoms with Crippen LogP contribution in [0.1, 0.15) is 61.7 Å². The van der Waals surface area contributed by atoms with Crippen molar-refractivity contribution in [3.63, 3.8) is 0 Å². The van der Waals surface area contributed by atoms with Gasteiger partial charge in [-0.3, -0.25) is 9.98 Å². The molecular weight excluding hydrogens is 450 g/mol. The summed E-state index contributed by atoms with van der Waals surface area (Å²) in [5, 5.41) is 5.53. The number of nitrogens with zero attached hydrogens (tertiary/aromatic N) is 4. The van der Waals surface area contributed by atoms with Crippen molar-refractivity contribution in [2.75, 3.05) is 14.1 Å². The van der Waals surface area contributed by atoms with Gasteiger partial charge in [0.15, 0.2) is 0 Å². The summed E-state index contributed by atoms with van der Waals surface area (Å²) < 4.78 is 0. The first kappa shape index (κ1) is 25.1. The normalized spacial score (nSPS) is 23.9. The molecule has 0 spiro atoms. The predicted molar refractivity (Wildman–Crippen MR) is 147 cm³/mol. The molecule has 4 atom stereocenters. The first-order chi connectivity index (χ1) is 16.5. The van der Waals surface area contributed by atoms with Crippen molar-refractivity contribution in [1.29, 1.82) is 0 Å². The van der Waals surface area contributed by atoms with Crippen molar-refractivity contribution in [2.24, 2.45) is 9.98 Å². The summed E-state index contributed by atoms with van der Waals surface area (Å²) in [5.74, 6) is 2.29. The van der Waals surface area contributed by atoms with Gasteiger partial charge < -0.3 is 11.2 Å². The van der Waals surface area contributed by atoms with E-state index in [4.69, 9.17) is 9.98 Å². The quantitative estimate of drug-likeness (QED) is 0.363. The summed E-state index contributed by atoms with van der Waals surface area (Å²) >= 11 is 0. The van der Waals surface area contributed by atoms with Crippen LogP contribution in [0.2, 0.25) is 0 Å². The van der Waals surface area contributed by atoms with Crippen LogP contribution in [0, 0.1) is 0 Å². The van der Waals surface area contributed by atoms with Crippen molar-refractivity contribution in [2.45, 2.75) is 38.0 Å². The second kappa shape index (κ2) is 9.06. The third-order valence-electron chi connectivity index (χ3n) is 8.32. The van der Waals surface area contributed by atoms with E-state index in [0.29, 0.717) is 24.2 Å². The molecule has 3 radical (unpaired) electrons. The van der Waals surface area contributed by atoms with Gasteiger partial charge in [-0.15, -0.1) is 0 Å². The number of amidine groups is 2. The number of rotatable bonds is 0. The summed E-state index contributed by atoms with van der Waals surface area (Å²) in [7, 11) is 4.29. The maximum absolute atomic E-state index is 4.81. The molecule has 4 unspecified atom stereocenters. The van der Waals surface area contributed by atoms with Crippen LogP contribution in [0.25, 0.3) is 21.5 Å². The first-order valence-corrected chi connectivity index (χ1v) is 12.1. The molecule has 0 aromatic heterocycles. The van der Waals surface area contributed by atoms with Crippen LogP contribution in [0.4, 0.5) is 0 Å². The number of hydrogen-bond donors (Lipinski definition) is 0. The Hall–Kier alpha value is -2.60. The largest absolute Gasteiger partial charge is 1.00 e. The number of aliphatic imine (C=N–C) groups is 2. The first-order valence-electron chi connectivity index (χ1n) is 12.1. The number of fused-ring (bicyclic) bond motifs is 6. The molecule has 0 amide bonds. The molecule has 4 aliphatic rings. The summed E-state index contributed by atoms with van der Waals surface area (Å²) in [6, 6.07) is 27.8. The number of benzene rings is 4. The minimum absolute atomic E-state index is 0. The topological polar surface area (TPSA) is 31.2 Å². The molecule has 8 rings (SSSR count). The van der Waals surface area contributed by atoms with Crippen LogP contribution < -0.4 is 29.6 Å². The van der Waals surface area contributed by atoms with E-state index in [1.165, 1.54) is 43.8 Å². The van der Waals surface area contributed by atoms with Gasteiger partial charge in [0.2, 0.25) is 0 Å². The monoisotopic (exact) mass is 479 g/mol. The maximum atomic E-state index is 4.81. The van der Waals surface area contributed by atoms with Gasteiger partial charge in [-0.05, 0) is 57.6 Å². The fourth-order valence-electron chi connectivity index (χ4n) is 6.57. The molecule has 4 aromatic rings. The molecule has 2 aliphatic carbocycles. The molecule has 0 saturated carbocycles. The average Bonchev–Trinajstić information content (AvgIpc) is 3.53. The second-order valence-electron chi connectivity index (χ2n) is 9.94. The molecule has 0 bridgehead atoms. The molecule has 36 heavy (non-hydrogen) atoms. The fourth-order valence-corrected chi connectivity index (χ4v) is 6.57. The minimum Gasteiger partial charge on any atom is -1.00 e. The standard InChI is InChI=1S/2C15H14N2.B.Na.H/c2*1-9-16-14-11-7-3-5-10-6-4-8-12(13(10)11)15(14)17(9)2;;;/h2*3-8,14-15H,1-2H3;;;/q;;;+1;-1. The maximum Gasteiger partial charge on any atom is 1.00 e. The molecule has 173 valence electrons. The van der Waals surface area contributed by atoms with Gasteiger partial charge in [0, 0.05) is 22.5 Å². The van der Waals surface area contributed by atoms with Crippen molar-refractivity contribution in [3.05, 3.63) is 95.1 Å².